The average molecular weight is 610 g/mol. The van der Waals surface area contributed by atoms with Crippen molar-refractivity contribution in [3.63, 3.8) is 0 Å². The summed E-state index contributed by atoms with van der Waals surface area (Å²) in [7, 11) is 3.48. The quantitative estimate of drug-likeness (QED) is 0.215. The molecule has 5 rings (SSSR count). The van der Waals surface area contributed by atoms with Gasteiger partial charge in [-0.25, -0.2) is 4.98 Å². The molecule has 0 spiro atoms. The van der Waals surface area contributed by atoms with Crippen LogP contribution in [0.5, 0.6) is 5.75 Å². The van der Waals surface area contributed by atoms with Crippen molar-refractivity contribution < 1.29 is 19.1 Å². The SMILES string of the molecule is Cn1c(=O)c(C(N)=O)c(N(C)[C@H]2CC[C@@H](/C(=N/OC(C)(C)C)c3ccccc3)CC2)c2nc(Cl)c(OC3CCOC3)cc21. The lowest BCUT2D eigenvalue weighted by Gasteiger charge is -2.37. The Kier molecular flexibility index (Phi) is 8.99. The van der Waals surface area contributed by atoms with E-state index in [9.17, 15) is 9.59 Å². The van der Waals surface area contributed by atoms with Crippen LogP contribution in [0.25, 0.3) is 11.0 Å². The molecule has 1 saturated heterocycles. The number of hydrogen-bond acceptors (Lipinski definition) is 8. The summed E-state index contributed by atoms with van der Waals surface area (Å²) in [6, 6.07) is 11.8. The molecule has 2 N–H and O–H groups in total. The molecule has 1 atom stereocenters. The van der Waals surface area contributed by atoms with Crippen molar-refractivity contribution in [3.05, 3.63) is 63.0 Å². The van der Waals surface area contributed by atoms with Gasteiger partial charge in [0.25, 0.3) is 11.5 Å². The molecule has 2 aliphatic rings. The van der Waals surface area contributed by atoms with E-state index in [1.807, 2.05) is 50.9 Å². The Morgan fingerprint density at radius 3 is 2.47 bits per heavy atom. The van der Waals surface area contributed by atoms with Crippen molar-refractivity contribution in [1.82, 2.24) is 9.55 Å². The van der Waals surface area contributed by atoms with Crippen molar-refractivity contribution in [2.75, 3.05) is 25.2 Å². The zero-order chi connectivity index (χ0) is 30.9. The highest BCUT2D eigenvalue weighted by molar-refractivity contribution is 6.31. The maximum absolute atomic E-state index is 13.5. The molecule has 3 heterocycles. The second kappa shape index (κ2) is 12.5. The van der Waals surface area contributed by atoms with Crippen LogP contribution >= 0.6 is 11.6 Å². The Balaban J connectivity index is 1.47. The second-order valence-electron chi connectivity index (χ2n) is 12.4. The molecule has 1 aromatic carbocycles. The van der Waals surface area contributed by atoms with Crippen LogP contribution in [0.3, 0.4) is 0 Å². The van der Waals surface area contributed by atoms with Gasteiger partial charge in [-0.05, 0) is 52.0 Å². The molecule has 0 bridgehead atoms. The molecule has 2 fully saturated rings. The summed E-state index contributed by atoms with van der Waals surface area (Å²) in [5.41, 5.74) is 8.08. The van der Waals surface area contributed by atoms with Crippen LogP contribution < -0.4 is 20.9 Å². The number of anilines is 1. The van der Waals surface area contributed by atoms with Gasteiger partial charge in [-0.15, -0.1) is 0 Å². The number of ether oxygens (including phenoxy) is 2. The minimum atomic E-state index is -0.808. The number of oxime groups is 1. The molecule has 10 nitrogen and oxygen atoms in total. The number of fused-ring (bicyclic) bond motifs is 1. The third kappa shape index (κ3) is 6.65. The fourth-order valence-corrected chi connectivity index (χ4v) is 6.08. The van der Waals surface area contributed by atoms with Crippen LogP contribution in [-0.4, -0.2) is 59.2 Å². The minimum absolute atomic E-state index is 0.0253. The van der Waals surface area contributed by atoms with Crippen molar-refractivity contribution in [3.8, 4) is 5.75 Å². The van der Waals surface area contributed by atoms with E-state index in [1.54, 1.807) is 13.1 Å². The first-order valence-corrected chi connectivity index (χ1v) is 15.1. The summed E-state index contributed by atoms with van der Waals surface area (Å²) < 4.78 is 12.9. The molecule has 1 saturated carbocycles. The highest BCUT2D eigenvalue weighted by Crippen LogP contribution is 2.38. The fourth-order valence-electron chi connectivity index (χ4n) is 5.90. The number of nitrogens with zero attached hydrogens (tertiary/aromatic N) is 4. The Hall–Kier alpha value is -3.63. The number of hydrogen-bond donors (Lipinski definition) is 1. The highest BCUT2D eigenvalue weighted by Gasteiger charge is 2.33. The smallest absolute Gasteiger partial charge is 0.265 e. The summed E-state index contributed by atoms with van der Waals surface area (Å²) in [6.07, 6.45) is 3.89. The van der Waals surface area contributed by atoms with Gasteiger partial charge in [-0.1, -0.05) is 47.1 Å². The van der Waals surface area contributed by atoms with E-state index in [-0.39, 0.29) is 28.8 Å². The second-order valence-corrected chi connectivity index (χ2v) is 12.7. The van der Waals surface area contributed by atoms with Crippen molar-refractivity contribution >= 4 is 39.9 Å². The first-order chi connectivity index (χ1) is 20.4. The van der Waals surface area contributed by atoms with Gasteiger partial charge in [0.1, 0.15) is 22.8 Å². The monoisotopic (exact) mass is 609 g/mol. The van der Waals surface area contributed by atoms with Crippen LogP contribution in [0, 0.1) is 5.92 Å². The normalized spacial score (nSPS) is 21.2. The summed E-state index contributed by atoms with van der Waals surface area (Å²) in [6.45, 7) is 7.02. The first-order valence-electron chi connectivity index (χ1n) is 14.8. The van der Waals surface area contributed by atoms with Gasteiger partial charge in [-0.2, -0.15) is 0 Å². The summed E-state index contributed by atoms with van der Waals surface area (Å²) in [5.74, 6) is -0.250. The Morgan fingerprint density at radius 2 is 1.86 bits per heavy atom. The Bertz CT molecular complexity index is 1570. The van der Waals surface area contributed by atoms with Crippen molar-refractivity contribution in [2.24, 2.45) is 23.9 Å². The summed E-state index contributed by atoms with van der Waals surface area (Å²) >= 11 is 6.62. The largest absolute Gasteiger partial charge is 0.485 e. The van der Waals surface area contributed by atoms with E-state index >= 15 is 0 Å². The van der Waals surface area contributed by atoms with E-state index in [0.717, 1.165) is 43.4 Å². The van der Waals surface area contributed by atoms with Crippen LogP contribution in [0.4, 0.5) is 5.69 Å². The predicted octanol–water partition coefficient (Wildman–Crippen LogP) is 5.07. The third-order valence-corrected chi connectivity index (χ3v) is 8.43. The number of carbonyl (C=O) groups is 1. The van der Waals surface area contributed by atoms with Gasteiger partial charge in [0.15, 0.2) is 10.9 Å². The lowest BCUT2D eigenvalue weighted by molar-refractivity contribution is -0.0000324. The molecule has 43 heavy (non-hydrogen) atoms. The number of benzene rings is 1. The highest BCUT2D eigenvalue weighted by atomic mass is 35.5. The molecular formula is C32H40ClN5O5. The van der Waals surface area contributed by atoms with E-state index < -0.39 is 17.1 Å². The number of aromatic nitrogens is 2. The number of carbonyl (C=O) groups excluding carboxylic acids is 1. The summed E-state index contributed by atoms with van der Waals surface area (Å²) in [4.78, 5) is 38.7. The number of halogens is 1. The number of nitrogens with two attached hydrogens (primary N) is 1. The standard InChI is InChI=1S/C32H40ClN5O5/c1-32(2,3)43-36-26(19-9-7-6-8-10-19)20-11-13-21(14-12-20)37(4)28-25(30(34)39)31(40)38(5)23-17-24(29(33)35-27(23)28)42-22-15-16-41-18-22/h6-10,17,20-22H,11-16,18H2,1-5H3,(H2,34,39)/b36-26+/t20-,21+,22?. The molecule has 230 valence electrons. The van der Waals surface area contributed by atoms with E-state index in [1.165, 1.54) is 4.57 Å². The van der Waals surface area contributed by atoms with Gasteiger partial charge in [-0.3, -0.25) is 9.59 Å². The molecule has 1 amide bonds. The lowest BCUT2D eigenvalue weighted by Crippen LogP contribution is -2.40. The van der Waals surface area contributed by atoms with Crippen molar-refractivity contribution in [2.45, 2.75) is 70.6 Å². The molecule has 2 aromatic heterocycles. The van der Waals surface area contributed by atoms with Crippen LogP contribution in [0.1, 0.15) is 68.8 Å². The number of rotatable bonds is 8. The van der Waals surface area contributed by atoms with Gasteiger partial charge in [0.2, 0.25) is 0 Å². The van der Waals surface area contributed by atoms with E-state index in [0.29, 0.717) is 35.7 Å². The lowest BCUT2D eigenvalue weighted by atomic mass is 9.80. The van der Waals surface area contributed by atoms with Gasteiger partial charge in [0, 0.05) is 38.5 Å². The molecule has 1 unspecified atom stereocenters. The fraction of sp³-hybridized carbons (Fsp3) is 0.500. The average Bonchev–Trinajstić information content (AvgIpc) is 3.49. The van der Waals surface area contributed by atoms with Crippen molar-refractivity contribution in [1.29, 1.82) is 0 Å². The first kappa shape index (κ1) is 30.8. The van der Waals surface area contributed by atoms with Crippen LogP contribution in [0.2, 0.25) is 5.15 Å². The zero-order valence-electron chi connectivity index (χ0n) is 25.4. The zero-order valence-corrected chi connectivity index (χ0v) is 26.2. The van der Waals surface area contributed by atoms with Crippen LogP contribution in [0.15, 0.2) is 46.3 Å². The number of pyridine rings is 2. The molecule has 3 aromatic rings. The summed E-state index contributed by atoms with van der Waals surface area (Å²) in [5, 5.41) is 4.77. The molecule has 1 aliphatic heterocycles. The van der Waals surface area contributed by atoms with E-state index in [4.69, 9.17) is 31.6 Å². The predicted molar refractivity (Wildman–Crippen MR) is 168 cm³/mol. The minimum Gasteiger partial charge on any atom is -0.485 e. The van der Waals surface area contributed by atoms with Gasteiger partial charge >= 0.3 is 0 Å². The molecule has 1 aliphatic carbocycles. The maximum atomic E-state index is 13.5. The van der Waals surface area contributed by atoms with Gasteiger partial charge in [0.05, 0.1) is 30.1 Å². The molecule has 11 heteroatoms. The topological polar surface area (TPSA) is 121 Å². The number of primary amides is 1. The molecule has 0 radical (unpaired) electrons. The Morgan fingerprint density at radius 1 is 1.16 bits per heavy atom. The van der Waals surface area contributed by atoms with E-state index in [2.05, 4.69) is 22.3 Å². The third-order valence-electron chi connectivity index (χ3n) is 8.16. The Labute approximate surface area is 256 Å². The van der Waals surface area contributed by atoms with Crippen LogP contribution in [-0.2, 0) is 16.6 Å². The number of aryl methyl sites for hydroxylation is 1. The molecular weight excluding hydrogens is 570 g/mol. The number of amides is 1. The maximum Gasteiger partial charge on any atom is 0.265 e. The van der Waals surface area contributed by atoms with Gasteiger partial charge < -0.3 is 29.5 Å².